The Morgan fingerprint density at radius 2 is 2.29 bits per heavy atom. The first kappa shape index (κ1) is 12.0. The Bertz CT molecular complexity index is 496. The summed E-state index contributed by atoms with van der Waals surface area (Å²) in [5, 5.41) is 15.5. The highest BCUT2D eigenvalue weighted by Crippen LogP contribution is 2.20. The van der Waals surface area contributed by atoms with Crippen molar-refractivity contribution in [2.75, 3.05) is 7.05 Å². The molecule has 0 saturated carbocycles. The minimum Gasteiger partial charge on any atom is -0.313 e. The standard InChI is InChI=1S/C11H14ClN5/c1-8(9-4-3-5-10(12)6-9)17-11(7-13-2)14-15-16-17/h3-6,8,13H,7H2,1-2H3. The summed E-state index contributed by atoms with van der Waals surface area (Å²) in [7, 11) is 1.86. The fourth-order valence-corrected chi connectivity index (χ4v) is 1.89. The molecule has 0 amide bonds. The van der Waals surface area contributed by atoms with Gasteiger partial charge in [0.1, 0.15) is 0 Å². The van der Waals surface area contributed by atoms with Gasteiger partial charge in [-0.3, -0.25) is 0 Å². The van der Waals surface area contributed by atoms with E-state index in [1.165, 1.54) is 0 Å². The van der Waals surface area contributed by atoms with E-state index in [1.807, 2.05) is 38.2 Å². The van der Waals surface area contributed by atoms with Gasteiger partial charge in [-0.05, 0) is 42.1 Å². The number of benzene rings is 1. The monoisotopic (exact) mass is 251 g/mol. The van der Waals surface area contributed by atoms with E-state index in [-0.39, 0.29) is 6.04 Å². The number of nitrogens with one attached hydrogen (secondary N) is 1. The number of hydrogen-bond donors (Lipinski definition) is 1. The smallest absolute Gasteiger partial charge is 0.165 e. The average molecular weight is 252 g/mol. The molecule has 0 saturated heterocycles. The largest absolute Gasteiger partial charge is 0.313 e. The van der Waals surface area contributed by atoms with Gasteiger partial charge in [0, 0.05) is 5.02 Å². The van der Waals surface area contributed by atoms with Gasteiger partial charge in [-0.1, -0.05) is 23.7 Å². The maximum absolute atomic E-state index is 5.98. The van der Waals surface area contributed by atoms with E-state index < -0.39 is 0 Å². The highest BCUT2D eigenvalue weighted by atomic mass is 35.5. The zero-order valence-electron chi connectivity index (χ0n) is 9.76. The third-order valence-corrected chi connectivity index (χ3v) is 2.83. The molecule has 1 unspecified atom stereocenters. The van der Waals surface area contributed by atoms with E-state index in [4.69, 9.17) is 11.6 Å². The van der Waals surface area contributed by atoms with Crippen molar-refractivity contribution >= 4 is 11.6 Å². The van der Waals surface area contributed by atoms with Crippen LogP contribution in [0.25, 0.3) is 0 Å². The van der Waals surface area contributed by atoms with E-state index in [2.05, 4.69) is 20.8 Å². The number of tetrazole rings is 1. The molecule has 2 rings (SSSR count). The minimum atomic E-state index is 0.0621. The fourth-order valence-electron chi connectivity index (χ4n) is 1.70. The SMILES string of the molecule is CNCc1nnnn1C(C)c1cccc(Cl)c1. The molecule has 0 aliphatic carbocycles. The van der Waals surface area contributed by atoms with Crippen molar-refractivity contribution in [3.05, 3.63) is 40.7 Å². The Kier molecular flexibility index (Phi) is 3.71. The Labute approximate surface area is 105 Å². The molecule has 1 aromatic heterocycles. The lowest BCUT2D eigenvalue weighted by atomic mass is 10.1. The first-order chi connectivity index (χ1) is 8.22. The molecule has 17 heavy (non-hydrogen) atoms. The Hall–Kier alpha value is -1.46. The summed E-state index contributed by atoms with van der Waals surface area (Å²) in [4.78, 5) is 0. The van der Waals surface area contributed by atoms with Crippen LogP contribution in [0.1, 0.15) is 24.4 Å². The molecule has 1 aromatic carbocycles. The van der Waals surface area contributed by atoms with Crippen molar-refractivity contribution in [3.63, 3.8) is 0 Å². The maximum atomic E-state index is 5.98. The molecule has 1 heterocycles. The van der Waals surface area contributed by atoms with Gasteiger partial charge in [-0.25, -0.2) is 4.68 Å². The van der Waals surface area contributed by atoms with Crippen LogP contribution in [0.2, 0.25) is 5.02 Å². The van der Waals surface area contributed by atoms with Gasteiger partial charge in [0.15, 0.2) is 5.82 Å². The summed E-state index contributed by atoms with van der Waals surface area (Å²) >= 11 is 5.98. The average Bonchev–Trinajstić information content (AvgIpc) is 2.77. The van der Waals surface area contributed by atoms with Crippen molar-refractivity contribution < 1.29 is 0 Å². The lowest BCUT2D eigenvalue weighted by molar-refractivity contribution is 0.513. The lowest BCUT2D eigenvalue weighted by Gasteiger charge is -2.13. The molecule has 0 fully saturated rings. The highest BCUT2D eigenvalue weighted by Gasteiger charge is 2.14. The van der Waals surface area contributed by atoms with Crippen molar-refractivity contribution in [3.8, 4) is 0 Å². The second-order valence-electron chi connectivity index (χ2n) is 3.80. The normalized spacial score (nSPS) is 12.6. The van der Waals surface area contributed by atoms with Crippen LogP contribution in [0.5, 0.6) is 0 Å². The molecule has 90 valence electrons. The fraction of sp³-hybridized carbons (Fsp3) is 0.364. The zero-order chi connectivity index (χ0) is 12.3. The van der Waals surface area contributed by atoms with Gasteiger partial charge < -0.3 is 5.32 Å². The van der Waals surface area contributed by atoms with Crippen LogP contribution >= 0.6 is 11.6 Å². The van der Waals surface area contributed by atoms with Crippen molar-refractivity contribution in [2.45, 2.75) is 19.5 Å². The Balaban J connectivity index is 2.30. The Morgan fingerprint density at radius 3 is 3.00 bits per heavy atom. The Morgan fingerprint density at radius 1 is 1.47 bits per heavy atom. The predicted octanol–water partition coefficient (Wildman–Crippen LogP) is 1.66. The third-order valence-electron chi connectivity index (χ3n) is 2.59. The van der Waals surface area contributed by atoms with Gasteiger partial charge in [-0.2, -0.15) is 0 Å². The van der Waals surface area contributed by atoms with Crippen molar-refractivity contribution in [1.29, 1.82) is 0 Å². The zero-order valence-corrected chi connectivity index (χ0v) is 10.5. The molecular formula is C11H14ClN5. The number of nitrogens with zero attached hydrogens (tertiary/aromatic N) is 4. The quantitative estimate of drug-likeness (QED) is 0.898. The molecule has 0 radical (unpaired) electrons. The van der Waals surface area contributed by atoms with Crippen LogP contribution in [0.15, 0.2) is 24.3 Å². The van der Waals surface area contributed by atoms with Crippen LogP contribution < -0.4 is 5.32 Å². The summed E-state index contributed by atoms with van der Waals surface area (Å²) in [5.74, 6) is 0.806. The molecule has 2 aromatic rings. The van der Waals surface area contributed by atoms with Crippen molar-refractivity contribution in [2.24, 2.45) is 0 Å². The van der Waals surface area contributed by atoms with Crippen LogP contribution in [-0.4, -0.2) is 27.3 Å². The highest BCUT2D eigenvalue weighted by molar-refractivity contribution is 6.30. The van der Waals surface area contributed by atoms with Crippen LogP contribution in [-0.2, 0) is 6.54 Å². The number of aromatic nitrogens is 4. The molecule has 0 spiro atoms. The van der Waals surface area contributed by atoms with Gasteiger partial charge in [0.05, 0.1) is 12.6 Å². The molecule has 6 heteroatoms. The predicted molar refractivity (Wildman–Crippen MR) is 65.8 cm³/mol. The van der Waals surface area contributed by atoms with Crippen molar-refractivity contribution in [1.82, 2.24) is 25.5 Å². The summed E-state index contributed by atoms with van der Waals surface area (Å²) in [6.07, 6.45) is 0. The molecule has 1 N–H and O–H groups in total. The van der Waals surface area contributed by atoms with E-state index >= 15 is 0 Å². The van der Waals surface area contributed by atoms with Gasteiger partial charge in [-0.15, -0.1) is 5.10 Å². The molecule has 0 aliphatic heterocycles. The van der Waals surface area contributed by atoms with Crippen LogP contribution in [0.3, 0.4) is 0 Å². The lowest BCUT2D eigenvalue weighted by Crippen LogP contribution is -2.17. The second kappa shape index (κ2) is 5.25. The van der Waals surface area contributed by atoms with Crippen LogP contribution in [0.4, 0.5) is 0 Å². The number of hydrogen-bond acceptors (Lipinski definition) is 4. The van der Waals surface area contributed by atoms with E-state index in [9.17, 15) is 0 Å². The number of rotatable bonds is 4. The summed E-state index contributed by atoms with van der Waals surface area (Å²) in [5.41, 5.74) is 1.09. The molecule has 5 nitrogen and oxygen atoms in total. The third kappa shape index (κ3) is 2.62. The molecule has 1 atom stereocenters. The first-order valence-corrected chi connectivity index (χ1v) is 5.77. The topological polar surface area (TPSA) is 55.6 Å². The van der Waals surface area contributed by atoms with Crippen LogP contribution in [0, 0.1) is 0 Å². The minimum absolute atomic E-state index is 0.0621. The number of halogens is 1. The summed E-state index contributed by atoms with van der Waals surface area (Å²) in [6.45, 7) is 2.68. The van der Waals surface area contributed by atoms with E-state index in [0.717, 1.165) is 16.4 Å². The summed E-state index contributed by atoms with van der Waals surface area (Å²) in [6, 6.07) is 7.78. The van der Waals surface area contributed by atoms with Gasteiger partial charge in [0.2, 0.25) is 0 Å². The van der Waals surface area contributed by atoms with Gasteiger partial charge in [0.25, 0.3) is 0 Å². The van der Waals surface area contributed by atoms with E-state index in [0.29, 0.717) is 6.54 Å². The molecular weight excluding hydrogens is 238 g/mol. The van der Waals surface area contributed by atoms with E-state index in [1.54, 1.807) is 4.68 Å². The second-order valence-corrected chi connectivity index (χ2v) is 4.24. The van der Waals surface area contributed by atoms with Gasteiger partial charge >= 0.3 is 0 Å². The summed E-state index contributed by atoms with van der Waals surface area (Å²) < 4.78 is 1.79. The molecule has 0 bridgehead atoms. The molecule has 0 aliphatic rings. The maximum Gasteiger partial charge on any atom is 0.165 e. The first-order valence-electron chi connectivity index (χ1n) is 5.39.